The van der Waals surface area contributed by atoms with Gasteiger partial charge in [-0.15, -0.1) is 0 Å². The van der Waals surface area contributed by atoms with Crippen LogP contribution in [0.25, 0.3) is 22.0 Å². The lowest BCUT2D eigenvalue weighted by Gasteiger charge is -2.20. The molecule has 3 aromatic carbocycles. The molecule has 6 nitrogen and oxygen atoms in total. The predicted octanol–water partition coefficient (Wildman–Crippen LogP) is 7.22. The number of halogens is 4. The van der Waals surface area contributed by atoms with Crippen molar-refractivity contribution in [2.45, 2.75) is 38.9 Å². The molecule has 1 heterocycles. The minimum Gasteiger partial charge on any atom is -0.481 e. The molecule has 0 radical (unpaired) electrons. The van der Waals surface area contributed by atoms with Crippen LogP contribution in [0.2, 0.25) is 5.02 Å². The molecule has 1 atom stereocenters. The molecule has 0 bridgehead atoms. The largest absolute Gasteiger partial charge is 0.481 e. The molecule has 39 heavy (non-hydrogen) atoms. The Morgan fingerprint density at radius 1 is 1.05 bits per heavy atom. The zero-order chi connectivity index (χ0) is 28.3. The number of carboxylic acids is 1. The average Bonchev–Trinajstić information content (AvgIpc) is 3.29. The molecule has 0 spiro atoms. The van der Waals surface area contributed by atoms with Gasteiger partial charge in [-0.3, -0.25) is 14.3 Å². The Morgan fingerprint density at radius 2 is 1.77 bits per heavy atom. The van der Waals surface area contributed by atoms with Crippen molar-refractivity contribution in [1.82, 2.24) is 15.1 Å². The number of nitrogens with zero attached hydrogens (tertiary/aromatic N) is 2. The number of nitrogens with one attached hydrogen (secondary N) is 1. The highest BCUT2D eigenvalue weighted by molar-refractivity contribution is 6.33. The second-order valence-corrected chi connectivity index (χ2v) is 10.1. The molecule has 0 aliphatic rings. The number of alkyl halides is 3. The maximum absolute atomic E-state index is 13.0. The summed E-state index contributed by atoms with van der Waals surface area (Å²) in [5.41, 5.74) is 2.48. The number of fused-ring (bicyclic) bond motifs is 1. The highest BCUT2D eigenvalue weighted by Gasteiger charge is 2.31. The molecule has 2 N–H and O–H groups in total. The fraction of sp³-hybridized carbons (Fsp3) is 0.276. The first-order valence-corrected chi connectivity index (χ1v) is 12.8. The van der Waals surface area contributed by atoms with Crippen LogP contribution in [-0.2, 0) is 11.0 Å². The lowest BCUT2D eigenvalue weighted by molar-refractivity contribution is -0.138. The summed E-state index contributed by atoms with van der Waals surface area (Å²) in [6.07, 6.45) is -1.95. The van der Waals surface area contributed by atoms with E-state index in [1.165, 1.54) is 6.07 Å². The molecule has 0 aliphatic carbocycles. The molecular formula is C29H27ClF3N3O3. The normalized spacial score (nSPS) is 12.6. The van der Waals surface area contributed by atoms with Crippen molar-refractivity contribution in [3.63, 3.8) is 0 Å². The van der Waals surface area contributed by atoms with E-state index in [1.54, 1.807) is 18.2 Å². The number of carbonyl (C=O) groups excluding carboxylic acids is 1. The number of hydrogen-bond donors (Lipinski definition) is 2. The summed E-state index contributed by atoms with van der Waals surface area (Å²) < 4.78 is 41.0. The first-order valence-electron chi connectivity index (χ1n) is 12.4. The summed E-state index contributed by atoms with van der Waals surface area (Å²) in [6.45, 7) is 4.25. The van der Waals surface area contributed by atoms with Gasteiger partial charge in [0.25, 0.3) is 5.91 Å². The van der Waals surface area contributed by atoms with Crippen LogP contribution in [0.3, 0.4) is 0 Å². The Morgan fingerprint density at radius 3 is 2.38 bits per heavy atom. The van der Waals surface area contributed by atoms with Crippen LogP contribution in [-0.4, -0.2) is 33.3 Å². The smallest absolute Gasteiger partial charge is 0.416 e. The number of aliphatic carboxylic acids is 1. The molecule has 4 aromatic rings. The molecule has 0 fully saturated rings. The molecule has 0 aliphatic heterocycles. The number of carbonyl (C=O) groups is 2. The van der Waals surface area contributed by atoms with Gasteiger partial charge in [0.05, 0.1) is 23.5 Å². The highest BCUT2D eigenvalue weighted by Crippen LogP contribution is 2.37. The van der Waals surface area contributed by atoms with E-state index in [-0.39, 0.29) is 29.9 Å². The molecular weight excluding hydrogens is 531 g/mol. The van der Waals surface area contributed by atoms with Crippen molar-refractivity contribution < 1.29 is 27.9 Å². The van der Waals surface area contributed by atoms with Gasteiger partial charge >= 0.3 is 12.1 Å². The fourth-order valence-electron chi connectivity index (χ4n) is 4.38. The average molecular weight is 558 g/mol. The fourth-order valence-corrected chi connectivity index (χ4v) is 4.67. The second-order valence-electron chi connectivity index (χ2n) is 9.74. The summed E-state index contributed by atoms with van der Waals surface area (Å²) in [4.78, 5) is 23.0. The lowest BCUT2D eigenvalue weighted by Crippen LogP contribution is -2.26. The van der Waals surface area contributed by atoms with Gasteiger partial charge in [-0.05, 0) is 59.9 Å². The van der Waals surface area contributed by atoms with Gasteiger partial charge < -0.3 is 10.4 Å². The molecule has 10 heteroatoms. The van der Waals surface area contributed by atoms with Crippen molar-refractivity contribution in [2.24, 2.45) is 5.92 Å². The Balaban J connectivity index is 1.61. The maximum atomic E-state index is 13.0. The van der Waals surface area contributed by atoms with Crippen LogP contribution in [0, 0.1) is 5.92 Å². The SMILES string of the molecule is CC(C)CC(c1ccc(C(=O)NCCC(=O)O)cc1)n1cc2cc(-c3ccc(C(F)(F)F)cc3Cl)ccc2n1. The van der Waals surface area contributed by atoms with E-state index in [1.807, 2.05) is 35.1 Å². The van der Waals surface area contributed by atoms with Gasteiger partial charge in [-0.1, -0.05) is 49.7 Å². The standard InChI is InChI=1S/C29H27ClF3N3O3/c1-17(2)13-26(18-3-5-19(6-4-18)28(39)34-12-11-27(37)38)36-16-21-14-20(7-10-25(21)35-36)23-9-8-22(15-24(23)30)29(31,32)33/h3-10,14-17,26H,11-13H2,1-2H3,(H,34,39)(H,37,38). The molecule has 4 rings (SSSR count). The zero-order valence-electron chi connectivity index (χ0n) is 21.3. The first kappa shape index (κ1) is 28.2. The number of carboxylic acid groups (broad SMARTS) is 1. The van der Waals surface area contributed by atoms with Crippen LogP contribution in [0.5, 0.6) is 0 Å². The van der Waals surface area contributed by atoms with Gasteiger partial charge in [0, 0.05) is 34.3 Å². The number of aromatic nitrogens is 2. The number of benzene rings is 3. The summed E-state index contributed by atoms with van der Waals surface area (Å²) in [5.74, 6) is -0.992. The summed E-state index contributed by atoms with van der Waals surface area (Å²) in [7, 11) is 0. The first-order chi connectivity index (χ1) is 18.4. The third-order valence-electron chi connectivity index (χ3n) is 6.33. The highest BCUT2D eigenvalue weighted by atomic mass is 35.5. The van der Waals surface area contributed by atoms with E-state index < -0.39 is 17.7 Å². The Bertz CT molecular complexity index is 1500. The van der Waals surface area contributed by atoms with Crippen LogP contribution < -0.4 is 5.32 Å². The minimum atomic E-state index is -4.47. The molecule has 1 amide bonds. The van der Waals surface area contributed by atoms with E-state index in [2.05, 4.69) is 19.2 Å². The Kier molecular flexibility index (Phi) is 8.30. The van der Waals surface area contributed by atoms with Gasteiger partial charge in [0.1, 0.15) is 0 Å². The van der Waals surface area contributed by atoms with E-state index in [4.69, 9.17) is 21.8 Å². The zero-order valence-corrected chi connectivity index (χ0v) is 22.1. The van der Waals surface area contributed by atoms with Crippen molar-refractivity contribution >= 4 is 34.4 Å². The molecule has 1 unspecified atom stereocenters. The third kappa shape index (κ3) is 6.78. The van der Waals surface area contributed by atoms with Gasteiger partial charge in [0.2, 0.25) is 0 Å². The van der Waals surface area contributed by atoms with Crippen molar-refractivity contribution in [3.05, 3.63) is 88.6 Å². The molecule has 0 saturated heterocycles. The number of rotatable bonds is 9. The predicted molar refractivity (Wildman–Crippen MR) is 144 cm³/mol. The Hall–Kier alpha value is -3.85. The van der Waals surface area contributed by atoms with Gasteiger partial charge in [0.15, 0.2) is 0 Å². The van der Waals surface area contributed by atoms with E-state index in [0.717, 1.165) is 35.0 Å². The molecule has 204 valence electrons. The summed E-state index contributed by atoms with van der Waals surface area (Å²) in [5, 5.41) is 16.9. The summed E-state index contributed by atoms with van der Waals surface area (Å²) in [6, 6.07) is 15.8. The van der Waals surface area contributed by atoms with Crippen LogP contribution in [0.1, 0.15) is 54.2 Å². The number of amides is 1. The van der Waals surface area contributed by atoms with Crippen molar-refractivity contribution in [2.75, 3.05) is 6.54 Å². The summed E-state index contributed by atoms with van der Waals surface area (Å²) >= 11 is 6.22. The third-order valence-corrected chi connectivity index (χ3v) is 6.64. The van der Waals surface area contributed by atoms with Crippen molar-refractivity contribution in [1.29, 1.82) is 0 Å². The van der Waals surface area contributed by atoms with E-state index in [9.17, 15) is 22.8 Å². The Labute approximate surface area is 228 Å². The van der Waals surface area contributed by atoms with E-state index in [0.29, 0.717) is 22.6 Å². The van der Waals surface area contributed by atoms with Gasteiger partial charge in [-0.2, -0.15) is 18.3 Å². The number of hydrogen-bond acceptors (Lipinski definition) is 3. The quantitative estimate of drug-likeness (QED) is 0.228. The van der Waals surface area contributed by atoms with Crippen molar-refractivity contribution in [3.8, 4) is 11.1 Å². The monoisotopic (exact) mass is 557 g/mol. The topological polar surface area (TPSA) is 84.2 Å². The second kappa shape index (κ2) is 11.5. The van der Waals surface area contributed by atoms with Gasteiger partial charge in [-0.25, -0.2) is 0 Å². The van der Waals surface area contributed by atoms with E-state index >= 15 is 0 Å². The molecule has 0 saturated carbocycles. The van der Waals surface area contributed by atoms with Crippen LogP contribution in [0.15, 0.2) is 66.9 Å². The van der Waals surface area contributed by atoms with Crippen LogP contribution >= 0.6 is 11.6 Å². The maximum Gasteiger partial charge on any atom is 0.416 e. The molecule has 1 aromatic heterocycles. The van der Waals surface area contributed by atoms with Crippen LogP contribution in [0.4, 0.5) is 13.2 Å². The minimum absolute atomic E-state index is 0.0151. The lowest BCUT2D eigenvalue weighted by atomic mass is 9.96.